The second-order valence-electron chi connectivity index (χ2n) is 8.26. The summed E-state index contributed by atoms with van der Waals surface area (Å²) >= 11 is 0. The molecule has 4 rings (SSSR count). The summed E-state index contributed by atoms with van der Waals surface area (Å²) in [6.45, 7) is 4.92. The molecule has 0 saturated carbocycles. The first kappa shape index (κ1) is 18.8. The van der Waals surface area contributed by atoms with Crippen LogP contribution in [0.3, 0.4) is 0 Å². The Labute approximate surface area is 166 Å². The van der Waals surface area contributed by atoms with Gasteiger partial charge in [-0.3, -0.25) is 9.59 Å². The van der Waals surface area contributed by atoms with Crippen LogP contribution < -0.4 is 0 Å². The summed E-state index contributed by atoms with van der Waals surface area (Å²) in [5.74, 6) is 0.995. The fraction of sp³-hybridized carbons (Fsp3) is 0.478. The van der Waals surface area contributed by atoms with Crippen LogP contribution >= 0.6 is 0 Å². The molecule has 0 unspecified atom stereocenters. The van der Waals surface area contributed by atoms with Crippen LogP contribution in [0.15, 0.2) is 47.1 Å². The van der Waals surface area contributed by atoms with Crippen molar-refractivity contribution in [2.75, 3.05) is 26.2 Å². The van der Waals surface area contributed by atoms with E-state index in [9.17, 15) is 9.59 Å². The minimum atomic E-state index is 0.0464. The Morgan fingerprint density at radius 1 is 1.14 bits per heavy atom. The van der Waals surface area contributed by atoms with Gasteiger partial charge in [0.1, 0.15) is 5.76 Å². The van der Waals surface area contributed by atoms with E-state index in [2.05, 4.69) is 24.3 Å². The first-order valence-electron chi connectivity index (χ1n) is 10.2. The molecule has 2 aromatic rings. The van der Waals surface area contributed by atoms with Crippen LogP contribution in [0.5, 0.6) is 0 Å². The molecule has 2 amide bonds. The number of likely N-dealkylation sites (tertiary alicyclic amines) is 2. The van der Waals surface area contributed by atoms with Gasteiger partial charge in [-0.2, -0.15) is 0 Å². The van der Waals surface area contributed by atoms with Crippen molar-refractivity contribution < 1.29 is 14.0 Å². The molecular formula is C23H28N2O3. The summed E-state index contributed by atoms with van der Waals surface area (Å²) in [4.78, 5) is 29.2. The maximum Gasteiger partial charge on any atom is 0.257 e. The van der Waals surface area contributed by atoms with Gasteiger partial charge in [0.25, 0.3) is 5.91 Å². The van der Waals surface area contributed by atoms with Crippen LogP contribution in [0.1, 0.15) is 47.4 Å². The number of furan rings is 1. The fourth-order valence-corrected chi connectivity index (χ4v) is 4.60. The Kier molecular flexibility index (Phi) is 5.25. The van der Waals surface area contributed by atoms with E-state index >= 15 is 0 Å². The van der Waals surface area contributed by atoms with E-state index in [0.29, 0.717) is 30.8 Å². The van der Waals surface area contributed by atoms with Gasteiger partial charge in [0.2, 0.25) is 5.91 Å². The van der Waals surface area contributed by atoms with Gasteiger partial charge in [0.15, 0.2) is 0 Å². The van der Waals surface area contributed by atoms with Crippen molar-refractivity contribution in [1.29, 1.82) is 0 Å². The summed E-state index contributed by atoms with van der Waals surface area (Å²) in [5.41, 5.74) is 2.03. The standard InChI is InChI=1S/C23H28N2O3/c1-18-20(9-15-28-18)22(27)24-13-10-23(11-14-24)16-21(26)25(17-23)12-5-8-19-6-3-2-4-7-19/h2-4,6-7,9,15H,5,8,10-14,16-17H2,1H3. The molecule has 1 aromatic carbocycles. The summed E-state index contributed by atoms with van der Waals surface area (Å²) in [7, 11) is 0. The Morgan fingerprint density at radius 3 is 2.57 bits per heavy atom. The van der Waals surface area contributed by atoms with Crippen molar-refractivity contribution in [3.63, 3.8) is 0 Å². The zero-order chi connectivity index (χ0) is 19.6. The number of rotatable bonds is 5. The molecule has 28 heavy (non-hydrogen) atoms. The number of piperidine rings is 1. The van der Waals surface area contributed by atoms with Gasteiger partial charge in [0, 0.05) is 38.0 Å². The van der Waals surface area contributed by atoms with Crippen LogP contribution in [-0.4, -0.2) is 47.8 Å². The number of benzene rings is 1. The fourth-order valence-electron chi connectivity index (χ4n) is 4.60. The average Bonchev–Trinajstić information content (AvgIpc) is 3.26. The molecule has 2 aliphatic heterocycles. The van der Waals surface area contributed by atoms with Gasteiger partial charge >= 0.3 is 0 Å². The molecule has 0 aliphatic carbocycles. The van der Waals surface area contributed by atoms with Crippen molar-refractivity contribution in [3.8, 4) is 0 Å². The number of hydrogen-bond acceptors (Lipinski definition) is 3. The normalized spacial score (nSPS) is 18.8. The largest absolute Gasteiger partial charge is 0.469 e. The maximum atomic E-state index is 12.7. The number of hydrogen-bond donors (Lipinski definition) is 0. The number of carbonyl (C=O) groups is 2. The zero-order valence-corrected chi connectivity index (χ0v) is 16.5. The molecular weight excluding hydrogens is 352 g/mol. The van der Waals surface area contributed by atoms with E-state index in [1.165, 1.54) is 5.56 Å². The Hall–Kier alpha value is -2.56. The van der Waals surface area contributed by atoms with E-state index in [-0.39, 0.29) is 17.2 Å². The molecule has 1 aromatic heterocycles. The lowest BCUT2D eigenvalue weighted by Crippen LogP contribution is -2.44. The summed E-state index contributed by atoms with van der Waals surface area (Å²) < 4.78 is 5.27. The lowest BCUT2D eigenvalue weighted by molar-refractivity contribution is -0.127. The minimum absolute atomic E-state index is 0.0464. The highest BCUT2D eigenvalue weighted by molar-refractivity contribution is 5.95. The van der Waals surface area contributed by atoms with E-state index in [1.54, 1.807) is 12.3 Å². The highest BCUT2D eigenvalue weighted by Gasteiger charge is 2.45. The van der Waals surface area contributed by atoms with Crippen LogP contribution in [0.4, 0.5) is 0 Å². The molecule has 5 nitrogen and oxygen atoms in total. The average molecular weight is 380 g/mol. The molecule has 2 aliphatic rings. The Bertz CT molecular complexity index is 835. The van der Waals surface area contributed by atoms with Crippen molar-refractivity contribution in [3.05, 3.63) is 59.5 Å². The smallest absolute Gasteiger partial charge is 0.257 e. The second kappa shape index (κ2) is 7.82. The van der Waals surface area contributed by atoms with Crippen LogP contribution in [-0.2, 0) is 11.2 Å². The molecule has 3 heterocycles. The van der Waals surface area contributed by atoms with Crippen molar-refractivity contribution in [1.82, 2.24) is 9.80 Å². The summed E-state index contributed by atoms with van der Waals surface area (Å²) in [6, 6.07) is 12.2. The molecule has 0 bridgehead atoms. The van der Waals surface area contributed by atoms with Gasteiger partial charge in [-0.15, -0.1) is 0 Å². The number of nitrogens with zero attached hydrogens (tertiary/aromatic N) is 2. The van der Waals surface area contributed by atoms with Crippen molar-refractivity contribution in [2.45, 2.75) is 39.0 Å². The third-order valence-electron chi connectivity index (χ3n) is 6.34. The van der Waals surface area contributed by atoms with Gasteiger partial charge < -0.3 is 14.2 Å². The van der Waals surface area contributed by atoms with Gasteiger partial charge in [-0.25, -0.2) is 0 Å². The molecule has 1 spiro atoms. The number of aryl methyl sites for hydroxylation is 2. The van der Waals surface area contributed by atoms with E-state index in [0.717, 1.165) is 38.8 Å². The quantitative estimate of drug-likeness (QED) is 0.795. The van der Waals surface area contributed by atoms with Crippen LogP contribution in [0, 0.1) is 12.3 Å². The third kappa shape index (κ3) is 3.84. The molecule has 2 saturated heterocycles. The number of carbonyl (C=O) groups excluding carboxylic acids is 2. The van der Waals surface area contributed by atoms with E-state index in [1.807, 2.05) is 22.8 Å². The van der Waals surface area contributed by atoms with Gasteiger partial charge in [0.05, 0.1) is 11.8 Å². The van der Waals surface area contributed by atoms with E-state index < -0.39 is 0 Å². The topological polar surface area (TPSA) is 53.8 Å². The van der Waals surface area contributed by atoms with E-state index in [4.69, 9.17) is 4.42 Å². The predicted molar refractivity (Wildman–Crippen MR) is 107 cm³/mol. The lowest BCUT2D eigenvalue weighted by atomic mass is 9.77. The molecule has 0 atom stereocenters. The molecule has 0 N–H and O–H groups in total. The minimum Gasteiger partial charge on any atom is -0.469 e. The van der Waals surface area contributed by atoms with Gasteiger partial charge in [-0.1, -0.05) is 30.3 Å². The number of amides is 2. The maximum absolute atomic E-state index is 12.7. The van der Waals surface area contributed by atoms with Crippen molar-refractivity contribution in [2.24, 2.45) is 5.41 Å². The van der Waals surface area contributed by atoms with Crippen LogP contribution in [0.2, 0.25) is 0 Å². The SMILES string of the molecule is Cc1occc1C(=O)N1CCC2(CC1)CC(=O)N(CCCc1ccccc1)C2. The lowest BCUT2D eigenvalue weighted by Gasteiger charge is -2.38. The monoisotopic (exact) mass is 380 g/mol. The molecule has 2 fully saturated rings. The third-order valence-corrected chi connectivity index (χ3v) is 6.34. The summed E-state index contributed by atoms with van der Waals surface area (Å²) in [6.07, 6.45) is 6.00. The highest BCUT2D eigenvalue weighted by Crippen LogP contribution is 2.41. The van der Waals surface area contributed by atoms with Crippen LogP contribution in [0.25, 0.3) is 0 Å². The Balaban J connectivity index is 1.29. The molecule has 148 valence electrons. The molecule has 0 radical (unpaired) electrons. The van der Waals surface area contributed by atoms with Crippen molar-refractivity contribution >= 4 is 11.8 Å². The second-order valence-corrected chi connectivity index (χ2v) is 8.26. The first-order chi connectivity index (χ1) is 13.6. The summed E-state index contributed by atoms with van der Waals surface area (Å²) in [5, 5.41) is 0. The highest BCUT2D eigenvalue weighted by atomic mass is 16.3. The molecule has 5 heteroatoms. The van der Waals surface area contributed by atoms with Gasteiger partial charge in [-0.05, 0) is 44.2 Å². The zero-order valence-electron chi connectivity index (χ0n) is 16.5. The predicted octanol–water partition coefficient (Wildman–Crippen LogP) is 3.68. The first-order valence-corrected chi connectivity index (χ1v) is 10.2. The Morgan fingerprint density at radius 2 is 1.89 bits per heavy atom.